The summed E-state index contributed by atoms with van der Waals surface area (Å²) < 4.78 is 1.61. The second-order valence-corrected chi connectivity index (χ2v) is 4.30. The van der Waals surface area contributed by atoms with E-state index < -0.39 is 5.41 Å². The fourth-order valence-corrected chi connectivity index (χ4v) is 1.88. The van der Waals surface area contributed by atoms with E-state index in [2.05, 4.69) is 16.5 Å². The third kappa shape index (κ3) is 1.56. The van der Waals surface area contributed by atoms with Gasteiger partial charge in [-0.05, 0) is 26.2 Å². The van der Waals surface area contributed by atoms with Crippen LogP contribution in [-0.4, -0.2) is 15.7 Å². The number of anilines is 1. The summed E-state index contributed by atoms with van der Waals surface area (Å²) in [5.41, 5.74) is 0.0375. The van der Waals surface area contributed by atoms with Crippen molar-refractivity contribution >= 4 is 11.7 Å². The summed E-state index contributed by atoms with van der Waals surface area (Å²) in [5, 5.41) is 15.9. The predicted octanol–water partition coefficient (Wildman–Crippen LogP) is 1.36. The Morgan fingerprint density at radius 2 is 2.38 bits per heavy atom. The minimum absolute atomic E-state index is 0.204. The Morgan fingerprint density at radius 1 is 1.69 bits per heavy atom. The highest BCUT2D eigenvalue weighted by atomic mass is 16.2. The van der Waals surface area contributed by atoms with E-state index in [0.29, 0.717) is 18.7 Å². The van der Waals surface area contributed by atoms with Crippen molar-refractivity contribution in [2.24, 2.45) is 12.5 Å². The molecule has 1 saturated carbocycles. The molecule has 1 aliphatic carbocycles. The van der Waals surface area contributed by atoms with Crippen LogP contribution in [0.5, 0.6) is 0 Å². The smallest absolute Gasteiger partial charge is 0.245 e. The standard InChI is InChI=1S/C11H14N4O/c1-8-6-9(15(2)14-8)13-10(16)11(7-12)4-3-5-11/h6H,3-5H2,1-2H3,(H,13,16). The van der Waals surface area contributed by atoms with Gasteiger partial charge in [0, 0.05) is 13.1 Å². The maximum absolute atomic E-state index is 11.9. The van der Waals surface area contributed by atoms with Crippen LogP contribution >= 0.6 is 0 Å². The monoisotopic (exact) mass is 218 g/mol. The average molecular weight is 218 g/mol. The number of carbonyl (C=O) groups is 1. The lowest BCUT2D eigenvalue weighted by Gasteiger charge is -2.33. The summed E-state index contributed by atoms with van der Waals surface area (Å²) in [6, 6.07) is 3.91. The van der Waals surface area contributed by atoms with Crippen LogP contribution in [-0.2, 0) is 11.8 Å². The molecule has 2 rings (SSSR count). The average Bonchev–Trinajstić information content (AvgIpc) is 2.44. The zero-order valence-electron chi connectivity index (χ0n) is 9.45. The number of rotatable bonds is 2. The highest BCUT2D eigenvalue weighted by molar-refractivity contribution is 5.97. The molecule has 0 saturated heterocycles. The van der Waals surface area contributed by atoms with Gasteiger partial charge in [0.05, 0.1) is 11.8 Å². The van der Waals surface area contributed by atoms with Gasteiger partial charge in [-0.15, -0.1) is 0 Å². The van der Waals surface area contributed by atoms with Crippen LogP contribution in [0.1, 0.15) is 25.0 Å². The van der Waals surface area contributed by atoms with E-state index in [1.54, 1.807) is 17.8 Å². The molecule has 5 heteroatoms. The van der Waals surface area contributed by atoms with Gasteiger partial charge in [-0.2, -0.15) is 10.4 Å². The molecule has 5 nitrogen and oxygen atoms in total. The number of aryl methyl sites for hydroxylation is 2. The molecule has 1 N–H and O–H groups in total. The Hall–Kier alpha value is -1.83. The number of hydrogen-bond donors (Lipinski definition) is 1. The van der Waals surface area contributed by atoms with E-state index in [0.717, 1.165) is 12.1 Å². The Balaban J connectivity index is 2.14. The van der Waals surface area contributed by atoms with E-state index in [1.165, 1.54) is 0 Å². The minimum atomic E-state index is -0.807. The summed E-state index contributed by atoms with van der Waals surface area (Å²) in [5.74, 6) is 0.438. The molecule has 0 unspecified atom stereocenters. The van der Waals surface area contributed by atoms with Crippen LogP contribution in [0.15, 0.2) is 6.07 Å². The maximum Gasteiger partial charge on any atom is 0.245 e. The van der Waals surface area contributed by atoms with Gasteiger partial charge < -0.3 is 5.32 Å². The topological polar surface area (TPSA) is 70.7 Å². The van der Waals surface area contributed by atoms with Crippen molar-refractivity contribution in [2.75, 3.05) is 5.32 Å². The number of nitriles is 1. The molecule has 0 aromatic carbocycles. The molecule has 0 aliphatic heterocycles. The lowest BCUT2D eigenvalue weighted by molar-refractivity contribution is -0.126. The van der Waals surface area contributed by atoms with Gasteiger partial charge >= 0.3 is 0 Å². The molecule has 1 aromatic rings. The Bertz CT molecular complexity index is 465. The molecule has 0 radical (unpaired) electrons. The first-order valence-corrected chi connectivity index (χ1v) is 5.31. The fourth-order valence-electron chi connectivity index (χ4n) is 1.88. The maximum atomic E-state index is 11.9. The van der Waals surface area contributed by atoms with Crippen molar-refractivity contribution in [1.82, 2.24) is 9.78 Å². The SMILES string of the molecule is Cc1cc(NC(=O)C2(C#N)CCC2)n(C)n1. The quantitative estimate of drug-likeness (QED) is 0.814. The van der Waals surface area contributed by atoms with Gasteiger partial charge in [-0.1, -0.05) is 0 Å². The number of amides is 1. The highest BCUT2D eigenvalue weighted by Crippen LogP contribution is 2.41. The Kier molecular flexibility index (Phi) is 2.43. The minimum Gasteiger partial charge on any atom is -0.310 e. The van der Waals surface area contributed by atoms with E-state index in [9.17, 15) is 4.79 Å². The molecular weight excluding hydrogens is 204 g/mol. The second kappa shape index (κ2) is 3.63. The summed E-state index contributed by atoms with van der Waals surface area (Å²) >= 11 is 0. The second-order valence-electron chi connectivity index (χ2n) is 4.30. The van der Waals surface area contributed by atoms with Gasteiger partial charge in [0.1, 0.15) is 11.2 Å². The summed E-state index contributed by atoms with van der Waals surface area (Å²) in [6.07, 6.45) is 2.27. The Morgan fingerprint density at radius 3 is 2.75 bits per heavy atom. The van der Waals surface area contributed by atoms with Crippen LogP contribution in [0.4, 0.5) is 5.82 Å². The van der Waals surface area contributed by atoms with Crippen LogP contribution in [0, 0.1) is 23.7 Å². The first-order valence-electron chi connectivity index (χ1n) is 5.31. The molecular formula is C11H14N4O. The van der Waals surface area contributed by atoms with Crippen molar-refractivity contribution in [1.29, 1.82) is 5.26 Å². The molecule has 1 aromatic heterocycles. The van der Waals surface area contributed by atoms with Crippen molar-refractivity contribution in [2.45, 2.75) is 26.2 Å². The van der Waals surface area contributed by atoms with E-state index in [4.69, 9.17) is 5.26 Å². The van der Waals surface area contributed by atoms with Gasteiger partial charge in [0.25, 0.3) is 0 Å². The molecule has 1 amide bonds. The van der Waals surface area contributed by atoms with Crippen LogP contribution < -0.4 is 5.32 Å². The fraction of sp³-hybridized carbons (Fsp3) is 0.545. The van der Waals surface area contributed by atoms with Gasteiger partial charge in [0.2, 0.25) is 5.91 Å². The lowest BCUT2D eigenvalue weighted by Crippen LogP contribution is -2.41. The third-order valence-electron chi connectivity index (χ3n) is 3.10. The highest BCUT2D eigenvalue weighted by Gasteiger charge is 2.44. The van der Waals surface area contributed by atoms with E-state index >= 15 is 0 Å². The number of nitrogens with one attached hydrogen (secondary N) is 1. The van der Waals surface area contributed by atoms with E-state index in [1.807, 2.05) is 6.92 Å². The van der Waals surface area contributed by atoms with Gasteiger partial charge in [-0.3, -0.25) is 9.48 Å². The summed E-state index contributed by atoms with van der Waals surface area (Å²) in [6.45, 7) is 1.86. The first-order chi connectivity index (χ1) is 7.57. The zero-order valence-corrected chi connectivity index (χ0v) is 9.45. The van der Waals surface area contributed by atoms with Gasteiger partial charge in [0.15, 0.2) is 0 Å². The predicted molar refractivity (Wildman–Crippen MR) is 58.5 cm³/mol. The molecule has 0 spiro atoms. The molecule has 0 atom stereocenters. The van der Waals surface area contributed by atoms with Crippen LogP contribution in [0.3, 0.4) is 0 Å². The summed E-state index contributed by atoms with van der Waals surface area (Å²) in [7, 11) is 1.77. The first kappa shape index (κ1) is 10.7. The van der Waals surface area contributed by atoms with Crippen LogP contribution in [0.2, 0.25) is 0 Å². The van der Waals surface area contributed by atoms with Crippen molar-refractivity contribution in [3.8, 4) is 6.07 Å². The largest absolute Gasteiger partial charge is 0.310 e. The van der Waals surface area contributed by atoms with Crippen LogP contribution in [0.25, 0.3) is 0 Å². The molecule has 16 heavy (non-hydrogen) atoms. The molecule has 0 bridgehead atoms. The normalized spacial score (nSPS) is 17.3. The van der Waals surface area contributed by atoms with Crippen molar-refractivity contribution in [3.63, 3.8) is 0 Å². The summed E-state index contributed by atoms with van der Waals surface area (Å²) in [4.78, 5) is 11.9. The van der Waals surface area contributed by atoms with E-state index in [-0.39, 0.29) is 5.91 Å². The molecule has 84 valence electrons. The molecule has 1 heterocycles. The Labute approximate surface area is 94.1 Å². The lowest BCUT2D eigenvalue weighted by atomic mass is 9.69. The number of hydrogen-bond acceptors (Lipinski definition) is 3. The number of carbonyl (C=O) groups excluding carboxylic acids is 1. The number of nitrogens with zero attached hydrogens (tertiary/aromatic N) is 3. The molecule has 1 aliphatic rings. The molecule has 1 fully saturated rings. The third-order valence-corrected chi connectivity index (χ3v) is 3.10. The van der Waals surface area contributed by atoms with Crippen molar-refractivity contribution < 1.29 is 4.79 Å². The van der Waals surface area contributed by atoms with Crippen molar-refractivity contribution in [3.05, 3.63) is 11.8 Å². The van der Waals surface area contributed by atoms with Gasteiger partial charge in [-0.25, -0.2) is 0 Å². The number of aromatic nitrogens is 2. The zero-order chi connectivity index (χ0) is 11.8.